The summed E-state index contributed by atoms with van der Waals surface area (Å²) < 4.78 is 9.28. The lowest BCUT2D eigenvalue weighted by Crippen LogP contribution is -2.06. The van der Waals surface area contributed by atoms with Crippen LogP contribution in [0.4, 0.5) is 11.6 Å². The van der Waals surface area contributed by atoms with E-state index in [2.05, 4.69) is 25.5 Å². The smallest absolute Gasteiger partial charge is 0.229 e. The van der Waals surface area contributed by atoms with Crippen LogP contribution in [0.25, 0.3) is 11.0 Å². The lowest BCUT2D eigenvalue weighted by atomic mass is 10.2. The van der Waals surface area contributed by atoms with Gasteiger partial charge in [0.2, 0.25) is 5.95 Å². The monoisotopic (exact) mass is 349 g/mol. The number of nitrogens with zero attached hydrogens (tertiary/aromatic N) is 6. The van der Waals surface area contributed by atoms with E-state index in [9.17, 15) is 0 Å². The predicted octanol–water partition coefficient (Wildman–Crippen LogP) is 2.75. The van der Waals surface area contributed by atoms with Crippen LogP contribution in [0.2, 0.25) is 0 Å². The summed E-state index contributed by atoms with van der Waals surface area (Å²) in [6, 6.07) is 7.96. The molecule has 0 radical (unpaired) electrons. The summed E-state index contributed by atoms with van der Waals surface area (Å²) in [6.07, 6.45) is 7.12. The van der Waals surface area contributed by atoms with Gasteiger partial charge < -0.3 is 10.1 Å². The van der Waals surface area contributed by atoms with Crippen molar-refractivity contribution < 1.29 is 4.74 Å². The summed E-state index contributed by atoms with van der Waals surface area (Å²) in [5.74, 6) is 1.37. The van der Waals surface area contributed by atoms with Crippen molar-refractivity contribution in [1.29, 1.82) is 0 Å². The largest absolute Gasteiger partial charge is 0.494 e. The fourth-order valence-corrected chi connectivity index (χ4v) is 2.75. The Morgan fingerprint density at radius 3 is 2.81 bits per heavy atom. The van der Waals surface area contributed by atoms with Crippen molar-refractivity contribution in [2.45, 2.75) is 13.5 Å². The van der Waals surface area contributed by atoms with Crippen molar-refractivity contribution in [2.24, 2.45) is 7.05 Å². The molecule has 0 amide bonds. The molecular formula is C18H19N7O. The van der Waals surface area contributed by atoms with Gasteiger partial charge in [-0.05, 0) is 13.0 Å². The molecule has 3 aromatic heterocycles. The number of hydrogen-bond acceptors (Lipinski definition) is 6. The number of anilines is 2. The molecule has 8 heteroatoms. The number of rotatable bonds is 6. The quantitative estimate of drug-likeness (QED) is 0.576. The molecule has 0 bridgehead atoms. The summed E-state index contributed by atoms with van der Waals surface area (Å²) in [6.45, 7) is 3.17. The molecule has 0 aliphatic carbocycles. The highest BCUT2D eigenvalue weighted by atomic mass is 16.5. The third-order valence-electron chi connectivity index (χ3n) is 3.93. The first kappa shape index (κ1) is 16.1. The minimum Gasteiger partial charge on any atom is -0.494 e. The van der Waals surface area contributed by atoms with E-state index < -0.39 is 0 Å². The van der Waals surface area contributed by atoms with Crippen LogP contribution in [-0.4, -0.2) is 36.1 Å². The van der Waals surface area contributed by atoms with E-state index in [0.717, 1.165) is 28.0 Å². The molecule has 0 aliphatic rings. The number of aromatic nitrogens is 6. The molecule has 0 spiro atoms. The van der Waals surface area contributed by atoms with Crippen LogP contribution in [-0.2, 0) is 13.6 Å². The van der Waals surface area contributed by atoms with Crippen LogP contribution in [0.15, 0.2) is 49.1 Å². The molecular weight excluding hydrogens is 330 g/mol. The summed E-state index contributed by atoms with van der Waals surface area (Å²) in [5.41, 5.74) is 2.65. The van der Waals surface area contributed by atoms with Crippen molar-refractivity contribution in [3.63, 3.8) is 0 Å². The first-order valence-electron chi connectivity index (χ1n) is 8.38. The molecule has 0 saturated carbocycles. The van der Waals surface area contributed by atoms with Gasteiger partial charge in [-0.3, -0.25) is 4.68 Å². The highest BCUT2D eigenvalue weighted by Gasteiger charge is 2.10. The zero-order valence-electron chi connectivity index (χ0n) is 14.6. The standard InChI is InChI=1S/C18H19N7O/c1-3-26-16-7-5-4-6-13(16)11-25-17-14(9-21-25)8-19-18(23-17)22-15-10-20-24(2)12-15/h4-10,12H,3,11H2,1-2H3,(H,19,22,23). The second kappa shape index (κ2) is 6.83. The van der Waals surface area contributed by atoms with Crippen LogP contribution in [0, 0.1) is 0 Å². The average molecular weight is 349 g/mol. The maximum atomic E-state index is 5.71. The van der Waals surface area contributed by atoms with Gasteiger partial charge in [0.15, 0.2) is 5.65 Å². The summed E-state index contributed by atoms with van der Waals surface area (Å²) in [7, 11) is 1.86. The second-order valence-electron chi connectivity index (χ2n) is 5.84. The Hall–Kier alpha value is -3.42. The molecule has 26 heavy (non-hydrogen) atoms. The first-order valence-corrected chi connectivity index (χ1v) is 8.38. The summed E-state index contributed by atoms with van der Waals surface area (Å²) in [5, 5.41) is 12.6. The number of benzene rings is 1. The van der Waals surface area contributed by atoms with Gasteiger partial charge in [-0.2, -0.15) is 15.2 Å². The van der Waals surface area contributed by atoms with E-state index in [0.29, 0.717) is 19.1 Å². The van der Waals surface area contributed by atoms with E-state index in [4.69, 9.17) is 4.74 Å². The third-order valence-corrected chi connectivity index (χ3v) is 3.93. The van der Waals surface area contributed by atoms with Gasteiger partial charge >= 0.3 is 0 Å². The van der Waals surface area contributed by atoms with Crippen molar-refractivity contribution in [1.82, 2.24) is 29.5 Å². The van der Waals surface area contributed by atoms with E-state index in [1.807, 2.05) is 49.1 Å². The molecule has 0 atom stereocenters. The zero-order chi connectivity index (χ0) is 17.9. The van der Waals surface area contributed by atoms with Crippen molar-refractivity contribution in [2.75, 3.05) is 11.9 Å². The maximum Gasteiger partial charge on any atom is 0.229 e. The number of nitrogens with one attached hydrogen (secondary N) is 1. The zero-order valence-corrected chi connectivity index (χ0v) is 14.6. The van der Waals surface area contributed by atoms with Crippen LogP contribution in [0.1, 0.15) is 12.5 Å². The van der Waals surface area contributed by atoms with Gasteiger partial charge in [0, 0.05) is 25.0 Å². The molecule has 8 nitrogen and oxygen atoms in total. The van der Waals surface area contributed by atoms with Crippen LogP contribution >= 0.6 is 0 Å². The minimum absolute atomic E-state index is 0.505. The predicted molar refractivity (Wildman–Crippen MR) is 98.5 cm³/mol. The molecule has 1 aromatic carbocycles. The fourth-order valence-electron chi connectivity index (χ4n) is 2.75. The summed E-state index contributed by atoms with van der Waals surface area (Å²) in [4.78, 5) is 8.95. The Labute approximate surface area is 150 Å². The first-order chi connectivity index (χ1) is 12.7. The lowest BCUT2D eigenvalue weighted by Gasteiger charge is -2.10. The minimum atomic E-state index is 0.505. The number of ether oxygens (including phenoxy) is 1. The van der Waals surface area contributed by atoms with Crippen LogP contribution < -0.4 is 10.1 Å². The lowest BCUT2D eigenvalue weighted by molar-refractivity contribution is 0.335. The Morgan fingerprint density at radius 2 is 2.00 bits per heavy atom. The SMILES string of the molecule is CCOc1ccccc1Cn1ncc2cnc(Nc3cnn(C)c3)nc21. The average Bonchev–Trinajstić information content (AvgIpc) is 3.23. The molecule has 4 aromatic rings. The molecule has 3 heterocycles. The molecule has 132 valence electrons. The molecule has 1 N–H and O–H groups in total. The van der Waals surface area contributed by atoms with Crippen molar-refractivity contribution >= 4 is 22.7 Å². The Bertz CT molecular complexity index is 1040. The third kappa shape index (κ3) is 3.21. The van der Waals surface area contributed by atoms with Gasteiger partial charge in [0.05, 0.1) is 36.6 Å². The Kier molecular flexibility index (Phi) is 4.22. The van der Waals surface area contributed by atoms with E-state index >= 15 is 0 Å². The Balaban J connectivity index is 1.64. The number of para-hydroxylation sites is 1. The molecule has 4 rings (SSSR count). The van der Waals surface area contributed by atoms with Gasteiger partial charge in [-0.1, -0.05) is 18.2 Å². The molecule has 0 aliphatic heterocycles. The number of hydrogen-bond donors (Lipinski definition) is 1. The number of fused-ring (bicyclic) bond motifs is 1. The molecule has 0 saturated heterocycles. The normalized spacial score (nSPS) is 11.0. The van der Waals surface area contributed by atoms with Crippen molar-refractivity contribution in [3.8, 4) is 5.75 Å². The molecule has 0 unspecified atom stereocenters. The summed E-state index contributed by atoms with van der Waals surface area (Å²) >= 11 is 0. The fraction of sp³-hybridized carbons (Fsp3) is 0.222. The maximum absolute atomic E-state index is 5.71. The Morgan fingerprint density at radius 1 is 1.12 bits per heavy atom. The van der Waals surface area contributed by atoms with Gasteiger partial charge in [0.1, 0.15) is 5.75 Å². The van der Waals surface area contributed by atoms with E-state index in [1.54, 1.807) is 23.3 Å². The van der Waals surface area contributed by atoms with Gasteiger partial charge in [0.25, 0.3) is 0 Å². The van der Waals surface area contributed by atoms with E-state index in [1.165, 1.54) is 0 Å². The van der Waals surface area contributed by atoms with E-state index in [-0.39, 0.29) is 0 Å². The van der Waals surface area contributed by atoms with Crippen LogP contribution in [0.5, 0.6) is 5.75 Å². The van der Waals surface area contributed by atoms with Gasteiger partial charge in [-0.15, -0.1) is 0 Å². The van der Waals surface area contributed by atoms with Gasteiger partial charge in [-0.25, -0.2) is 9.67 Å². The second-order valence-corrected chi connectivity index (χ2v) is 5.84. The molecule has 0 fully saturated rings. The topological polar surface area (TPSA) is 82.7 Å². The number of aryl methyl sites for hydroxylation is 1. The van der Waals surface area contributed by atoms with Crippen LogP contribution in [0.3, 0.4) is 0 Å². The highest BCUT2D eigenvalue weighted by molar-refractivity contribution is 5.75. The van der Waals surface area contributed by atoms with Crippen molar-refractivity contribution in [3.05, 3.63) is 54.6 Å². The highest BCUT2D eigenvalue weighted by Crippen LogP contribution is 2.21.